The fraction of sp³-hybridized carbons (Fsp3) is 0.133. The van der Waals surface area contributed by atoms with Crippen LogP contribution in [0.15, 0.2) is 48.5 Å². The maximum absolute atomic E-state index is 13.5. The summed E-state index contributed by atoms with van der Waals surface area (Å²) < 4.78 is 13.5. The van der Waals surface area contributed by atoms with Gasteiger partial charge in [0.05, 0.1) is 5.56 Å². The highest BCUT2D eigenvalue weighted by molar-refractivity contribution is 5.94. The molecule has 0 radical (unpaired) electrons. The zero-order chi connectivity index (χ0) is 13.7. The average molecular weight is 258 g/mol. The Kier molecular flexibility index (Phi) is 4.13. The molecule has 0 bridgehead atoms. The van der Waals surface area contributed by atoms with Crippen LogP contribution < -0.4 is 11.1 Å². The second kappa shape index (κ2) is 6.00. The van der Waals surface area contributed by atoms with Crippen molar-refractivity contribution in [2.75, 3.05) is 12.3 Å². The highest BCUT2D eigenvalue weighted by atomic mass is 19.1. The number of hydrogen-bond donors (Lipinski definition) is 2. The summed E-state index contributed by atoms with van der Waals surface area (Å²) in [5.41, 5.74) is 6.88. The highest BCUT2D eigenvalue weighted by Gasteiger charge is 2.10. The summed E-state index contributed by atoms with van der Waals surface area (Å²) in [6.45, 7) is 0.465. The number of halogens is 1. The van der Waals surface area contributed by atoms with Crippen LogP contribution in [0.4, 0.5) is 10.1 Å². The second-order valence-corrected chi connectivity index (χ2v) is 4.23. The Morgan fingerprint density at radius 2 is 1.89 bits per heavy atom. The van der Waals surface area contributed by atoms with Gasteiger partial charge in [0.25, 0.3) is 5.91 Å². The van der Waals surface area contributed by atoms with E-state index in [1.165, 1.54) is 12.1 Å². The van der Waals surface area contributed by atoms with Gasteiger partial charge in [0, 0.05) is 12.2 Å². The van der Waals surface area contributed by atoms with Crippen molar-refractivity contribution in [3.8, 4) is 0 Å². The van der Waals surface area contributed by atoms with Crippen LogP contribution in [0.2, 0.25) is 0 Å². The third-order valence-corrected chi connectivity index (χ3v) is 2.78. The first-order chi connectivity index (χ1) is 9.16. The van der Waals surface area contributed by atoms with Crippen LogP contribution in [0.3, 0.4) is 0 Å². The van der Waals surface area contributed by atoms with Gasteiger partial charge in [-0.05, 0) is 30.2 Å². The summed E-state index contributed by atoms with van der Waals surface area (Å²) in [7, 11) is 0. The molecule has 0 heterocycles. The SMILES string of the molecule is Nc1ccc(C(=O)NCCc2ccccc2)c(F)c1. The van der Waals surface area contributed by atoms with E-state index in [0.717, 1.165) is 11.6 Å². The predicted molar refractivity (Wildman–Crippen MR) is 73.3 cm³/mol. The predicted octanol–water partition coefficient (Wildman–Crippen LogP) is 2.38. The molecule has 98 valence electrons. The van der Waals surface area contributed by atoms with Crippen LogP contribution in [0.25, 0.3) is 0 Å². The van der Waals surface area contributed by atoms with Gasteiger partial charge < -0.3 is 11.1 Å². The maximum Gasteiger partial charge on any atom is 0.254 e. The Balaban J connectivity index is 1.91. The molecule has 3 nitrogen and oxygen atoms in total. The minimum atomic E-state index is -0.600. The Labute approximate surface area is 111 Å². The van der Waals surface area contributed by atoms with Crippen LogP contribution in [-0.2, 0) is 6.42 Å². The molecule has 3 N–H and O–H groups in total. The van der Waals surface area contributed by atoms with Crippen LogP contribution >= 0.6 is 0 Å². The Morgan fingerprint density at radius 3 is 2.58 bits per heavy atom. The highest BCUT2D eigenvalue weighted by Crippen LogP contribution is 2.11. The number of carbonyl (C=O) groups excluding carboxylic acids is 1. The molecular formula is C15H15FN2O. The molecule has 0 saturated carbocycles. The van der Waals surface area contributed by atoms with E-state index in [-0.39, 0.29) is 5.56 Å². The van der Waals surface area contributed by atoms with Crippen LogP contribution in [0.1, 0.15) is 15.9 Å². The van der Waals surface area contributed by atoms with Crippen molar-refractivity contribution in [1.29, 1.82) is 0 Å². The summed E-state index contributed by atoms with van der Waals surface area (Å²) in [6.07, 6.45) is 0.711. The Hall–Kier alpha value is -2.36. The lowest BCUT2D eigenvalue weighted by molar-refractivity contribution is 0.0950. The molecule has 0 atom stereocenters. The first-order valence-corrected chi connectivity index (χ1v) is 6.04. The molecule has 0 spiro atoms. The molecule has 2 aromatic carbocycles. The van der Waals surface area contributed by atoms with Crippen LogP contribution in [0.5, 0.6) is 0 Å². The van der Waals surface area contributed by atoms with Crippen molar-refractivity contribution in [3.63, 3.8) is 0 Å². The molecule has 19 heavy (non-hydrogen) atoms. The van der Waals surface area contributed by atoms with Gasteiger partial charge in [-0.3, -0.25) is 4.79 Å². The molecule has 0 aliphatic heterocycles. The lowest BCUT2D eigenvalue weighted by atomic mass is 10.1. The number of rotatable bonds is 4. The van der Waals surface area contributed by atoms with E-state index in [9.17, 15) is 9.18 Å². The maximum atomic E-state index is 13.5. The smallest absolute Gasteiger partial charge is 0.254 e. The number of benzene rings is 2. The molecule has 2 rings (SSSR count). The van der Waals surface area contributed by atoms with Crippen LogP contribution in [0, 0.1) is 5.82 Å². The lowest BCUT2D eigenvalue weighted by Crippen LogP contribution is -2.26. The zero-order valence-electron chi connectivity index (χ0n) is 10.4. The number of anilines is 1. The van der Waals surface area contributed by atoms with Gasteiger partial charge in [0.15, 0.2) is 0 Å². The van der Waals surface area contributed by atoms with E-state index in [0.29, 0.717) is 18.7 Å². The summed E-state index contributed by atoms with van der Waals surface area (Å²) in [4.78, 5) is 11.8. The summed E-state index contributed by atoms with van der Waals surface area (Å²) >= 11 is 0. The summed E-state index contributed by atoms with van der Waals surface area (Å²) in [5, 5.41) is 2.69. The van der Waals surface area contributed by atoms with Crippen LogP contribution in [-0.4, -0.2) is 12.5 Å². The molecule has 1 amide bonds. The number of nitrogens with two attached hydrogens (primary N) is 1. The van der Waals surface area contributed by atoms with Crippen molar-refractivity contribution < 1.29 is 9.18 Å². The van der Waals surface area contributed by atoms with Crippen molar-refractivity contribution in [2.45, 2.75) is 6.42 Å². The average Bonchev–Trinajstić information content (AvgIpc) is 2.39. The molecule has 0 saturated heterocycles. The number of nitrogens with one attached hydrogen (secondary N) is 1. The number of hydrogen-bond acceptors (Lipinski definition) is 2. The normalized spacial score (nSPS) is 10.2. The number of amides is 1. The zero-order valence-corrected chi connectivity index (χ0v) is 10.4. The summed E-state index contributed by atoms with van der Waals surface area (Å²) in [6, 6.07) is 13.8. The minimum absolute atomic E-state index is 0.0160. The third-order valence-electron chi connectivity index (χ3n) is 2.78. The van der Waals surface area contributed by atoms with E-state index >= 15 is 0 Å². The molecule has 0 aliphatic carbocycles. The fourth-order valence-electron chi connectivity index (χ4n) is 1.78. The minimum Gasteiger partial charge on any atom is -0.399 e. The topological polar surface area (TPSA) is 55.1 Å². The largest absolute Gasteiger partial charge is 0.399 e. The monoisotopic (exact) mass is 258 g/mol. The van der Waals surface area contributed by atoms with E-state index < -0.39 is 11.7 Å². The van der Waals surface area contributed by atoms with Gasteiger partial charge in [0.2, 0.25) is 0 Å². The Morgan fingerprint density at radius 1 is 1.16 bits per heavy atom. The quantitative estimate of drug-likeness (QED) is 0.827. The van der Waals surface area contributed by atoms with Crippen molar-refractivity contribution in [1.82, 2.24) is 5.32 Å². The van der Waals surface area contributed by atoms with Crippen molar-refractivity contribution >= 4 is 11.6 Å². The lowest BCUT2D eigenvalue weighted by Gasteiger charge is -2.06. The van der Waals surface area contributed by atoms with Gasteiger partial charge in [0.1, 0.15) is 5.82 Å². The van der Waals surface area contributed by atoms with E-state index in [4.69, 9.17) is 5.73 Å². The van der Waals surface area contributed by atoms with Gasteiger partial charge in [-0.15, -0.1) is 0 Å². The first-order valence-electron chi connectivity index (χ1n) is 6.04. The molecule has 0 fully saturated rings. The Bertz CT molecular complexity index is 570. The second-order valence-electron chi connectivity index (χ2n) is 4.23. The molecule has 2 aromatic rings. The summed E-state index contributed by atoms with van der Waals surface area (Å²) in [5.74, 6) is -1.02. The van der Waals surface area contributed by atoms with Gasteiger partial charge in [-0.1, -0.05) is 30.3 Å². The standard InChI is InChI=1S/C15H15FN2O/c16-14-10-12(17)6-7-13(14)15(19)18-9-8-11-4-2-1-3-5-11/h1-7,10H,8-9,17H2,(H,18,19). The van der Waals surface area contributed by atoms with E-state index in [2.05, 4.69) is 5.32 Å². The first kappa shape index (κ1) is 13.1. The van der Waals surface area contributed by atoms with Crippen molar-refractivity contribution in [3.05, 3.63) is 65.5 Å². The van der Waals surface area contributed by atoms with E-state index in [1.54, 1.807) is 0 Å². The third kappa shape index (κ3) is 3.55. The number of nitrogen functional groups attached to an aromatic ring is 1. The van der Waals surface area contributed by atoms with Crippen molar-refractivity contribution in [2.24, 2.45) is 0 Å². The van der Waals surface area contributed by atoms with Gasteiger partial charge >= 0.3 is 0 Å². The molecule has 0 unspecified atom stereocenters. The number of carbonyl (C=O) groups is 1. The molecular weight excluding hydrogens is 243 g/mol. The molecule has 0 aromatic heterocycles. The molecule has 4 heteroatoms. The van der Waals surface area contributed by atoms with Gasteiger partial charge in [-0.25, -0.2) is 4.39 Å². The molecule has 0 aliphatic rings. The fourth-order valence-corrected chi connectivity index (χ4v) is 1.78. The van der Waals surface area contributed by atoms with Gasteiger partial charge in [-0.2, -0.15) is 0 Å². The van der Waals surface area contributed by atoms with E-state index in [1.807, 2.05) is 30.3 Å².